The van der Waals surface area contributed by atoms with Gasteiger partial charge in [0.25, 0.3) is 0 Å². The summed E-state index contributed by atoms with van der Waals surface area (Å²) in [7, 11) is 0. The first-order valence-electron chi connectivity index (χ1n) is 10.7. The molecule has 1 amide bonds. The van der Waals surface area contributed by atoms with Crippen molar-refractivity contribution in [1.29, 1.82) is 0 Å². The predicted octanol–water partition coefficient (Wildman–Crippen LogP) is 5.02. The third-order valence-electron chi connectivity index (χ3n) is 4.93. The lowest BCUT2D eigenvalue weighted by Crippen LogP contribution is -2.17. The number of aryl methyl sites for hydroxylation is 1. The molecule has 1 N–H and O–H groups in total. The second-order valence-electron chi connectivity index (χ2n) is 7.20. The largest absolute Gasteiger partial charge is 0.483 e. The van der Waals surface area contributed by atoms with Crippen molar-refractivity contribution in [2.45, 2.75) is 52.4 Å². The number of hydrogen-bond donors (Lipinski definition) is 1. The highest BCUT2D eigenvalue weighted by atomic mass is 32.2. The lowest BCUT2D eigenvalue weighted by Gasteiger charge is -2.15. The molecule has 0 aliphatic rings. The fourth-order valence-electron chi connectivity index (χ4n) is 3.22. The molecule has 176 valence electrons. The van der Waals surface area contributed by atoms with E-state index in [1.165, 1.54) is 23.1 Å². The van der Waals surface area contributed by atoms with Gasteiger partial charge in [0, 0.05) is 11.4 Å². The van der Waals surface area contributed by atoms with Gasteiger partial charge in [-0.25, -0.2) is 4.79 Å². The fraction of sp³-hybridized carbons (Fsp3) is 0.391. The van der Waals surface area contributed by atoms with Gasteiger partial charge in [0.1, 0.15) is 10.8 Å². The predicted molar refractivity (Wildman–Crippen MR) is 130 cm³/mol. The van der Waals surface area contributed by atoms with E-state index in [2.05, 4.69) is 15.5 Å². The number of thiophene rings is 1. The Morgan fingerprint density at radius 3 is 2.58 bits per heavy atom. The van der Waals surface area contributed by atoms with E-state index in [1.807, 2.05) is 62.6 Å². The smallest absolute Gasteiger partial charge is 0.341 e. The summed E-state index contributed by atoms with van der Waals surface area (Å²) in [4.78, 5) is 26.0. The number of para-hydroxylation sites is 1. The minimum atomic E-state index is -0.426. The van der Waals surface area contributed by atoms with E-state index in [9.17, 15) is 9.59 Å². The van der Waals surface area contributed by atoms with Gasteiger partial charge in [-0.1, -0.05) is 30.0 Å². The van der Waals surface area contributed by atoms with E-state index in [-0.39, 0.29) is 24.4 Å². The van der Waals surface area contributed by atoms with Crippen molar-refractivity contribution in [3.05, 3.63) is 52.2 Å². The van der Waals surface area contributed by atoms with Crippen molar-refractivity contribution in [2.24, 2.45) is 0 Å². The first kappa shape index (κ1) is 24.8. The Hall–Kier alpha value is -2.85. The second-order valence-corrected chi connectivity index (χ2v) is 9.37. The molecule has 1 aromatic carbocycles. The Labute approximate surface area is 201 Å². The van der Waals surface area contributed by atoms with Crippen molar-refractivity contribution in [1.82, 2.24) is 14.8 Å². The Kier molecular flexibility index (Phi) is 8.51. The van der Waals surface area contributed by atoms with E-state index < -0.39 is 5.97 Å². The van der Waals surface area contributed by atoms with Crippen molar-refractivity contribution in [2.75, 3.05) is 17.7 Å². The van der Waals surface area contributed by atoms with Gasteiger partial charge < -0.3 is 19.4 Å². The van der Waals surface area contributed by atoms with Crippen LogP contribution in [0.15, 0.2) is 35.5 Å². The highest BCUT2D eigenvalue weighted by Gasteiger charge is 2.23. The molecule has 0 saturated heterocycles. The van der Waals surface area contributed by atoms with Crippen molar-refractivity contribution < 1.29 is 19.1 Å². The van der Waals surface area contributed by atoms with Crippen molar-refractivity contribution >= 4 is 40.0 Å². The van der Waals surface area contributed by atoms with Crippen LogP contribution in [-0.2, 0) is 16.1 Å². The van der Waals surface area contributed by atoms with E-state index in [4.69, 9.17) is 9.47 Å². The molecule has 2 aromatic heterocycles. The van der Waals surface area contributed by atoms with Crippen LogP contribution in [0, 0.1) is 13.8 Å². The summed E-state index contributed by atoms with van der Waals surface area (Å²) in [6.07, 6.45) is -0.299. The Morgan fingerprint density at radius 1 is 1.18 bits per heavy atom. The number of nitrogens with zero attached hydrogens (tertiary/aromatic N) is 3. The number of benzene rings is 1. The number of esters is 1. The molecular formula is C23H28N4O4S2. The summed E-state index contributed by atoms with van der Waals surface area (Å²) in [6.45, 7) is 10.4. The van der Waals surface area contributed by atoms with Gasteiger partial charge in [0.2, 0.25) is 5.91 Å². The zero-order chi connectivity index (χ0) is 24.0. The number of carbonyl (C=O) groups is 2. The number of rotatable bonds is 10. The number of thioether (sulfide) groups is 1. The fourth-order valence-corrected chi connectivity index (χ4v) is 5.09. The average molecular weight is 489 g/mol. The molecular weight excluding hydrogens is 460 g/mol. The maximum atomic E-state index is 12.7. The Balaban J connectivity index is 1.66. The van der Waals surface area contributed by atoms with Gasteiger partial charge in [0.05, 0.1) is 17.9 Å². The topological polar surface area (TPSA) is 95.3 Å². The molecule has 0 saturated carbocycles. The molecule has 1 unspecified atom stereocenters. The minimum absolute atomic E-state index is 0.129. The van der Waals surface area contributed by atoms with Gasteiger partial charge >= 0.3 is 5.97 Å². The van der Waals surface area contributed by atoms with Crippen LogP contribution in [-0.4, -0.2) is 39.0 Å². The molecule has 1 atom stereocenters. The quantitative estimate of drug-likeness (QED) is 0.316. The van der Waals surface area contributed by atoms with Crippen molar-refractivity contribution in [3.63, 3.8) is 0 Å². The molecule has 3 aromatic rings. The molecule has 0 aliphatic heterocycles. The first-order valence-corrected chi connectivity index (χ1v) is 12.5. The number of nitrogens with one attached hydrogen (secondary N) is 1. The summed E-state index contributed by atoms with van der Waals surface area (Å²) in [5.74, 6) is 0.920. The van der Waals surface area contributed by atoms with Gasteiger partial charge in [-0.2, -0.15) is 0 Å². The van der Waals surface area contributed by atoms with Crippen LogP contribution in [0.2, 0.25) is 0 Å². The van der Waals surface area contributed by atoms with Crippen molar-refractivity contribution in [3.8, 4) is 5.75 Å². The van der Waals surface area contributed by atoms with Crippen LogP contribution in [0.5, 0.6) is 5.75 Å². The summed E-state index contributed by atoms with van der Waals surface area (Å²) in [6, 6.07) is 9.54. The lowest BCUT2D eigenvalue weighted by molar-refractivity contribution is -0.113. The molecule has 0 spiro atoms. The summed E-state index contributed by atoms with van der Waals surface area (Å²) in [5, 5.41) is 12.6. The molecule has 0 fully saturated rings. The molecule has 33 heavy (non-hydrogen) atoms. The third-order valence-corrected chi connectivity index (χ3v) is 7.02. The van der Waals surface area contributed by atoms with E-state index in [0.717, 1.165) is 16.2 Å². The molecule has 0 bridgehead atoms. The highest BCUT2D eigenvalue weighted by Crippen LogP contribution is 2.33. The minimum Gasteiger partial charge on any atom is -0.483 e. The van der Waals surface area contributed by atoms with Crippen LogP contribution in [0.25, 0.3) is 0 Å². The number of hydrogen-bond acceptors (Lipinski definition) is 8. The lowest BCUT2D eigenvalue weighted by atomic mass is 10.1. The van der Waals surface area contributed by atoms with Gasteiger partial charge in [-0.3, -0.25) is 4.79 Å². The van der Waals surface area contributed by atoms with Crippen LogP contribution >= 0.6 is 23.1 Å². The highest BCUT2D eigenvalue weighted by molar-refractivity contribution is 7.99. The second kappa shape index (κ2) is 11.3. The molecule has 3 rings (SSSR count). The Morgan fingerprint density at radius 2 is 1.91 bits per heavy atom. The van der Waals surface area contributed by atoms with E-state index in [1.54, 1.807) is 6.92 Å². The molecule has 0 radical (unpaired) electrons. The summed E-state index contributed by atoms with van der Waals surface area (Å²) >= 11 is 2.66. The number of amides is 1. The molecule has 2 heterocycles. The summed E-state index contributed by atoms with van der Waals surface area (Å²) < 4.78 is 13.1. The SMILES string of the molecule is CCOC(=O)c1c(NC(=O)CSc2nnc(C(C)Oc3ccccc3)n2CC)sc(C)c1C. The van der Waals surface area contributed by atoms with E-state index >= 15 is 0 Å². The maximum Gasteiger partial charge on any atom is 0.341 e. The third kappa shape index (κ3) is 5.94. The number of ether oxygens (including phenoxy) is 2. The van der Waals surface area contributed by atoms with Gasteiger partial charge in [-0.05, 0) is 52.3 Å². The number of aromatic nitrogens is 3. The zero-order valence-corrected chi connectivity index (χ0v) is 21.0. The van der Waals surface area contributed by atoms with Crippen LogP contribution in [0.4, 0.5) is 5.00 Å². The van der Waals surface area contributed by atoms with Crippen LogP contribution in [0.1, 0.15) is 53.5 Å². The number of carbonyl (C=O) groups excluding carboxylic acids is 2. The normalized spacial score (nSPS) is 11.8. The summed E-state index contributed by atoms with van der Waals surface area (Å²) in [5.41, 5.74) is 1.24. The average Bonchev–Trinajstić information content (AvgIpc) is 3.33. The standard InChI is InChI=1S/C23H28N4O4S2/c1-6-27-20(15(4)31-17-11-9-8-10-12-17)25-26-23(27)32-13-18(28)24-21-19(22(29)30-7-2)14(3)16(5)33-21/h8-12,15H,6-7,13H2,1-5H3,(H,24,28). The van der Waals surface area contributed by atoms with Gasteiger partial charge in [-0.15, -0.1) is 21.5 Å². The van der Waals surface area contributed by atoms with Gasteiger partial charge in [0.15, 0.2) is 17.1 Å². The molecule has 8 nitrogen and oxygen atoms in total. The van der Waals surface area contributed by atoms with E-state index in [0.29, 0.717) is 28.1 Å². The Bertz CT molecular complexity index is 1110. The molecule has 10 heteroatoms. The first-order chi connectivity index (χ1) is 15.8. The molecule has 0 aliphatic carbocycles. The van der Waals surface area contributed by atoms with Crippen LogP contribution in [0.3, 0.4) is 0 Å². The monoisotopic (exact) mass is 488 g/mol. The number of anilines is 1. The zero-order valence-electron chi connectivity index (χ0n) is 19.4. The maximum absolute atomic E-state index is 12.7. The van der Waals surface area contributed by atoms with Crippen LogP contribution < -0.4 is 10.1 Å².